The Morgan fingerprint density at radius 2 is 2.21 bits per heavy atom. The van der Waals surface area contributed by atoms with Crippen LogP contribution in [0.5, 0.6) is 0 Å². The summed E-state index contributed by atoms with van der Waals surface area (Å²) < 4.78 is 5.28. The Hall–Kier alpha value is -1.55. The monoisotopic (exact) mass is 262 g/mol. The van der Waals surface area contributed by atoms with Gasteiger partial charge in [-0.25, -0.2) is 0 Å². The summed E-state index contributed by atoms with van der Waals surface area (Å²) in [5.41, 5.74) is 9.00. The van der Waals surface area contributed by atoms with E-state index in [0.29, 0.717) is 6.04 Å². The van der Waals surface area contributed by atoms with Gasteiger partial charge in [0.05, 0.1) is 6.54 Å². The molecule has 0 aromatic heterocycles. The molecule has 2 unspecified atom stereocenters. The smallest absolute Gasteiger partial charge is 0.319 e. The van der Waals surface area contributed by atoms with Crippen molar-refractivity contribution in [3.8, 4) is 0 Å². The first-order valence-corrected chi connectivity index (χ1v) is 6.82. The summed E-state index contributed by atoms with van der Waals surface area (Å²) in [6.07, 6.45) is 2.81. The summed E-state index contributed by atoms with van der Waals surface area (Å²) >= 11 is 0. The lowest BCUT2D eigenvalue weighted by atomic mass is 10.1. The van der Waals surface area contributed by atoms with Gasteiger partial charge in [0.15, 0.2) is 0 Å². The highest BCUT2D eigenvalue weighted by Crippen LogP contribution is 2.27. The second kappa shape index (κ2) is 6.06. The lowest BCUT2D eigenvalue weighted by Gasteiger charge is -2.17. The maximum absolute atomic E-state index is 11.2. The molecule has 0 spiro atoms. The number of rotatable bonds is 4. The molecule has 1 aromatic rings. The second-order valence-corrected chi connectivity index (χ2v) is 5.22. The molecular weight excluding hydrogens is 240 g/mol. The Bertz CT molecular complexity index is 459. The van der Waals surface area contributed by atoms with Gasteiger partial charge in [-0.3, -0.25) is 4.79 Å². The zero-order valence-electron chi connectivity index (χ0n) is 11.6. The molecule has 0 amide bonds. The van der Waals surface area contributed by atoms with Gasteiger partial charge in [-0.15, -0.1) is 0 Å². The van der Waals surface area contributed by atoms with Crippen LogP contribution in [0.25, 0.3) is 0 Å². The predicted octanol–water partition coefficient (Wildman–Crippen LogP) is 2.14. The quantitative estimate of drug-likeness (QED) is 0.816. The molecule has 0 radical (unpaired) electrons. The van der Waals surface area contributed by atoms with Crippen molar-refractivity contribution in [3.63, 3.8) is 0 Å². The van der Waals surface area contributed by atoms with E-state index in [-0.39, 0.29) is 18.6 Å². The van der Waals surface area contributed by atoms with Crippen molar-refractivity contribution in [1.29, 1.82) is 0 Å². The lowest BCUT2D eigenvalue weighted by Crippen LogP contribution is -2.24. The summed E-state index contributed by atoms with van der Waals surface area (Å²) in [5, 5.41) is 3.55. The number of carbonyl (C=O) groups excluding carboxylic acids is 1. The van der Waals surface area contributed by atoms with Crippen molar-refractivity contribution in [2.24, 2.45) is 5.73 Å². The van der Waals surface area contributed by atoms with Gasteiger partial charge in [-0.2, -0.15) is 0 Å². The predicted molar refractivity (Wildman–Crippen MR) is 76.1 cm³/mol. The van der Waals surface area contributed by atoms with E-state index in [4.69, 9.17) is 10.5 Å². The van der Waals surface area contributed by atoms with Crippen LogP contribution in [-0.2, 0) is 9.53 Å². The molecule has 2 atom stereocenters. The normalized spacial score (nSPS) is 22.3. The van der Waals surface area contributed by atoms with Crippen LogP contribution in [-0.4, -0.2) is 24.7 Å². The van der Waals surface area contributed by atoms with Crippen LogP contribution >= 0.6 is 0 Å². The number of nitrogens with one attached hydrogen (secondary N) is 1. The zero-order chi connectivity index (χ0) is 13.8. The number of anilines is 1. The van der Waals surface area contributed by atoms with Crippen LogP contribution in [0.2, 0.25) is 0 Å². The minimum atomic E-state index is -0.308. The van der Waals surface area contributed by atoms with Gasteiger partial charge in [0, 0.05) is 18.2 Å². The van der Waals surface area contributed by atoms with E-state index < -0.39 is 0 Å². The average Bonchev–Trinajstić information content (AvgIpc) is 2.82. The summed E-state index contributed by atoms with van der Waals surface area (Å²) in [5.74, 6) is -0.308. The molecule has 4 heteroatoms. The third-order valence-electron chi connectivity index (χ3n) is 3.81. The van der Waals surface area contributed by atoms with Crippen molar-refractivity contribution >= 4 is 11.7 Å². The number of hydrogen-bond donors (Lipinski definition) is 2. The van der Waals surface area contributed by atoms with Crippen LogP contribution in [0.1, 0.15) is 30.4 Å². The highest BCUT2D eigenvalue weighted by atomic mass is 16.5. The first-order valence-electron chi connectivity index (χ1n) is 6.82. The van der Waals surface area contributed by atoms with E-state index in [1.165, 1.54) is 16.8 Å². The first kappa shape index (κ1) is 13.9. The largest absolute Gasteiger partial charge is 0.461 e. The topological polar surface area (TPSA) is 64.3 Å². The van der Waals surface area contributed by atoms with Gasteiger partial charge in [0.2, 0.25) is 0 Å². The molecule has 1 aliphatic rings. The van der Waals surface area contributed by atoms with Crippen LogP contribution in [0.4, 0.5) is 5.69 Å². The molecule has 0 bridgehead atoms. The Kier molecular flexibility index (Phi) is 4.43. The molecule has 3 N–H and O–H groups in total. The Morgan fingerprint density at radius 1 is 1.42 bits per heavy atom. The standard InChI is InChI=1S/C15H22N2O2/c1-10-4-3-5-14(11(10)2)17-12-6-7-13(8-12)19-15(18)9-16/h3-5,12-13,17H,6-9,16H2,1-2H3. The first-order chi connectivity index (χ1) is 9.10. The fraction of sp³-hybridized carbons (Fsp3) is 0.533. The molecule has 4 nitrogen and oxygen atoms in total. The zero-order valence-corrected chi connectivity index (χ0v) is 11.6. The van der Waals surface area contributed by atoms with Crippen molar-refractivity contribution in [2.75, 3.05) is 11.9 Å². The second-order valence-electron chi connectivity index (χ2n) is 5.22. The van der Waals surface area contributed by atoms with Gasteiger partial charge in [0.25, 0.3) is 0 Å². The molecule has 2 rings (SSSR count). The Morgan fingerprint density at radius 3 is 2.95 bits per heavy atom. The number of aryl methyl sites for hydroxylation is 1. The van der Waals surface area contributed by atoms with Gasteiger partial charge in [-0.1, -0.05) is 12.1 Å². The van der Waals surface area contributed by atoms with E-state index in [1.807, 2.05) is 0 Å². The number of carbonyl (C=O) groups is 1. The lowest BCUT2D eigenvalue weighted by molar-refractivity contribution is -0.146. The molecule has 1 saturated carbocycles. The highest BCUT2D eigenvalue weighted by Gasteiger charge is 2.27. The summed E-state index contributed by atoms with van der Waals surface area (Å²) in [6.45, 7) is 4.20. The minimum Gasteiger partial charge on any atom is -0.461 e. The molecule has 104 valence electrons. The van der Waals surface area contributed by atoms with Crippen LogP contribution in [0.3, 0.4) is 0 Å². The fourth-order valence-corrected chi connectivity index (χ4v) is 2.54. The third-order valence-corrected chi connectivity index (χ3v) is 3.81. The van der Waals surface area contributed by atoms with Crippen LogP contribution in [0, 0.1) is 13.8 Å². The third kappa shape index (κ3) is 3.47. The molecule has 1 fully saturated rings. The number of benzene rings is 1. The number of ether oxygens (including phenoxy) is 1. The fourth-order valence-electron chi connectivity index (χ4n) is 2.54. The van der Waals surface area contributed by atoms with Gasteiger partial charge in [-0.05, 0) is 43.9 Å². The van der Waals surface area contributed by atoms with E-state index >= 15 is 0 Å². The van der Waals surface area contributed by atoms with Gasteiger partial charge < -0.3 is 15.8 Å². The molecular formula is C15H22N2O2. The molecule has 19 heavy (non-hydrogen) atoms. The van der Waals surface area contributed by atoms with E-state index in [2.05, 4.69) is 37.4 Å². The minimum absolute atomic E-state index is 0.0127. The van der Waals surface area contributed by atoms with E-state index in [0.717, 1.165) is 19.3 Å². The molecule has 0 heterocycles. The number of nitrogens with two attached hydrogens (primary N) is 1. The molecule has 0 saturated heterocycles. The van der Waals surface area contributed by atoms with Crippen molar-refractivity contribution < 1.29 is 9.53 Å². The van der Waals surface area contributed by atoms with E-state index in [1.54, 1.807) is 0 Å². The number of hydrogen-bond acceptors (Lipinski definition) is 4. The SMILES string of the molecule is Cc1cccc(NC2CCC(OC(=O)CN)C2)c1C. The van der Waals surface area contributed by atoms with Gasteiger partial charge >= 0.3 is 5.97 Å². The Balaban J connectivity index is 1.91. The molecule has 1 aromatic carbocycles. The van der Waals surface area contributed by atoms with Crippen molar-refractivity contribution in [2.45, 2.75) is 45.3 Å². The summed E-state index contributed by atoms with van der Waals surface area (Å²) in [4.78, 5) is 11.2. The maximum atomic E-state index is 11.2. The van der Waals surface area contributed by atoms with Crippen LogP contribution < -0.4 is 11.1 Å². The van der Waals surface area contributed by atoms with Crippen LogP contribution in [0.15, 0.2) is 18.2 Å². The summed E-state index contributed by atoms with van der Waals surface area (Å²) in [6, 6.07) is 6.64. The maximum Gasteiger partial charge on any atom is 0.319 e. The van der Waals surface area contributed by atoms with Crippen molar-refractivity contribution in [3.05, 3.63) is 29.3 Å². The van der Waals surface area contributed by atoms with Crippen molar-refractivity contribution in [1.82, 2.24) is 0 Å². The summed E-state index contributed by atoms with van der Waals surface area (Å²) in [7, 11) is 0. The number of esters is 1. The Labute approximate surface area is 114 Å². The molecule has 0 aliphatic heterocycles. The highest BCUT2D eigenvalue weighted by molar-refractivity contribution is 5.71. The molecule has 1 aliphatic carbocycles. The van der Waals surface area contributed by atoms with Gasteiger partial charge in [0.1, 0.15) is 6.10 Å². The van der Waals surface area contributed by atoms with E-state index in [9.17, 15) is 4.79 Å². The average molecular weight is 262 g/mol.